The highest BCUT2D eigenvalue weighted by Gasteiger charge is 2.05. The van der Waals surface area contributed by atoms with Crippen LogP contribution in [-0.2, 0) is 6.54 Å². The third-order valence-electron chi connectivity index (χ3n) is 2.67. The molecule has 0 unspecified atom stereocenters. The molecule has 1 heterocycles. The van der Waals surface area contributed by atoms with Gasteiger partial charge in [0.1, 0.15) is 11.6 Å². The van der Waals surface area contributed by atoms with Gasteiger partial charge >= 0.3 is 0 Å². The third kappa shape index (κ3) is 3.83. The fourth-order valence-electron chi connectivity index (χ4n) is 1.68. The molecular formula is C14H16ClN3O. The van der Waals surface area contributed by atoms with Crippen LogP contribution in [0.3, 0.4) is 0 Å². The molecule has 0 amide bonds. The molecule has 2 rings (SSSR count). The summed E-state index contributed by atoms with van der Waals surface area (Å²) in [6.07, 6.45) is 0. The van der Waals surface area contributed by atoms with Crippen molar-refractivity contribution < 1.29 is 0 Å². The SMILES string of the molecule is CC(C)c1nc(NCc2cccc(Cl)c2)cc(=O)[nH]1. The number of nitrogens with zero attached hydrogens (tertiary/aromatic N) is 1. The Labute approximate surface area is 116 Å². The van der Waals surface area contributed by atoms with E-state index in [1.54, 1.807) is 0 Å². The van der Waals surface area contributed by atoms with Crippen LogP contribution in [0.15, 0.2) is 35.1 Å². The summed E-state index contributed by atoms with van der Waals surface area (Å²) >= 11 is 5.92. The Hall–Kier alpha value is -1.81. The molecule has 0 fully saturated rings. The maximum Gasteiger partial charge on any atom is 0.252 e. The van der Waals surface area contributed by atoms with Gasteiger partial charge in [0, 0.05) is 23.6 Å². The molecule has 100 valence electrons. The molecule has 1 aromatic heterocycles. The Balaban J connectivity index is 2.13. The van der Waals surface area contributed by atoms with Crippen LogP contribution in [-0.4, -0.2) is 9.97 Å². The number of rotatable bonds is 4. The van der Waals surface area contributed by atoms with Crippen molar-refractivity contribution in [2.24, 2.45) is 0 Å². The summed E-state index contributed by atoms with van der Waals surface area (Å²) in [7, 11) is 0. The first-order chi connectivity index (χ1) is 9.04. The van der Waals surface area contributed by atoms with Crippen LogP contribution >= 0.6 is 11.6 Å². The molecule has 1 aromatic carbocycles. The summed E-state index contributed by atoms with van der Waals surface area (Å²) in [6, 6.07) is 9.02. The summed E-state index contributed by atoms with van der Waals surface area (Å²) in [5, 5.41) is 3.83. The third-order valence-corrected chi connectivity index (χ3v) is 2.90. The smallest absolute Gasteiger partial charge is 0.252 e. The highest BCUT2D eigenvalue weighted by atomic mass is 35.5. The summed E-state index contributed by atoms with van der Waals surface area (Å²) in [4.78, 5) is 18.6. The molecule has 5 heteroatoms. The highest BCUT2D eigenvalue weighted by molar-refractivity contribution is 6.30. The molecule has 2 N–H and O–H groups in total. The van der Waals surface area contributed by atoms with E-state index in [0.717, 1.165) is 5.56 Å². The standard InChI is InChI=1S/C14H16ClN3O/c1-9(2)14-17-12(7-13(19)18-14)16-8-10-4-3-5-11(15)6-10/h3-7,9H,8H2,1-2H3,(H2,16,17,18,19). The van der Waals surface area contributed by atoms with Crippen LogP contribution in [0.2, 0.25) is 5.02 Å². The van der Waals surface area contributed by atoms with E-state index >= 15 is 0 Å². The van der Waals surface area contributed by atoms with Crippen LogP contribution in [0.4, 0.5) is 5.82 Å². The molecule has 0 aliphatic heterocycles. The molecule has 2 aromatic rings. The topological polar surface area (TPSA) is 57.8 Å². The van der Waals surface area contributed by atoms with Gasteiger partial charge < -0.3 is 10.3 Å². The van der Waals surface area contributed by atoms with Gasteiger partial charge in [-0.1, -0.05) is 37.6 Å². The summed E-state index contributed by atoms with van der Waals surface area (Å²) in [5.74, 6) is 1.44. The maximum absolute atomic E-state index is 11.5. The van der Waals surface area contributed by atoms with Gasteiger partial charge in [0.25, 0.3) is 5.56 Å². The van der Waals surface area contributed by atoms with Crippen molar-refractivity contribution in [1.29, 1.82) is 0 Å². The first kappa shape index (κ1) is 13.6. The van der Waals surface area contributed by atoms with E-state index in [9.17, 15) is 4.79 Å². The molecule has 0 aliphatic rings. The average molecular weight is 278 g/mol. The van der Waals surface area contributed by atoms with Crippen molar-refractivity contribution in [2.75, 3.05) is 5.32 Å². The largest absolute Gasteiger partial charge is 0.366 e. The minimum Gasteiger partial charge on any atom is -0.366 e. The Morgan fingerprint density at radius 3 is 2.84 bits per heavy atom. The molecular weight excluding hydrogens is 262 g/mol. The first-order valence-corrected chi connectivity index (χ1v) is 6.52. The van der Waals surface area contributed by atoms with Crippen molar-refractivity contribution in [3.05, 3.63) is 57.1 Å². The van der Waals surface area contributed by atoms with E-state index in [-0.39, 0.29) is 11.5 Å². The number of nitrogens with one attached hydrogen (secondary N) is 2. The van der Waals surface area contributed by atoms with E-state index in [1.165, 1.54) is 6.07 Å². The number of hydrogen-bond acceptors (Lipinski definition) is 3. The number of hydrogen-bond donors (Lipinski definition) is 2. The van der Waals surface area contributed by atoms with Crippen LogP contribution in [0.25, 0.3) is 0 Å². The Morgan fingerprint density at radius 1 is 1.37 bits per heavy atom. The molecule has 0 saturated heterocycles. The van der Waals surface area contributed by atoms with Crippen molar-refractivity contribution in [3.63, 3.8) is 0 Å². The summed E-state index contributed by atoms with van der Waals surface area (Å²) in [5.41, 5.74) is 0.896. The molecule has 0 atom stereocenters. The van der Waals surface area contributed by atoms with E-state index in [4.69, 9.17) is 11.6 Å². The second kappa shape index (κ2) is 5.89. The first-order valence-electron chi connectivity index (χ1n) is 6.14. The van der Waals surface area contributed by atoms with Crippen LogP contribution in [0.5, 0.6) is 0 Å². The lowest BCUT2D eigenvalue weighted by atomic mass is 10.2. The van der Waals surface area contributed by atoms with Crippen molar-refractivity contribution in [1.82, 2.24) is 9.97 Å². The average Bonchev–Trinajstić information content (AvgIpc) is 2.36. The lowest BCUT2D eigenvalue weighted by molar-refractivity contribution is 0.766. The molecule has 19 heavy (non-hydrogen) atoms. The quantitative estimate of drug-likeness (QED) is 0.902. The fraction of sp³-hybridized carbons (Fsp3) is 0.286. The van der Waals surface area contributed by atoms with E-state index in [0.29, 0.717) is 23.2 Å². The van der Waals surface area contributed by atoms with Crippen molar-refractivity contribution in [2.45, 2.75) is 26.3 Å². The van der Waals surface area contributed by atoms with Crippen molar-refractivity contribution in [3.8, 4) is 0 Å². The number of benzene rings is 1. The second-order valence-electron chi connectivity index (χ2n) is 4.65. The zero-order valence-corrected chi connectivity index (χ0v) is 11.7. The zero-order valence-electron chi connectivity index (χ0n) is 10.9. The molecule has 0 saturated carbocycles. The predicted molar refractivity (Wildman–Crippen MR) is 77.7 cm³/mol. The summed E-state index contributed by atoms with van der Waals surface area (Å²) < 4.78 is 0. The van der Waals surface area contributed by atoms with Crippen LogP contribution in [0, 0.1) is 0 Å². The van der Waals surface area contributed by atoms with E-state index in [2.05, 4.69) is 15.3 Å². The van der Waals surface area contributed by atoms with Gasteiger partial charge in [-0.15, -0.1) is 0 Å². The maximum atomic E-state index is 11.5. The van der Waals surface area contributed by atoms with Gasteiger partial charge in [-0.2, -0.15) is 0 Å². The van der Waals surface area contributed by atoms with Crippen LogP contribution in [0.1, 0.15) is 31.2 Å². The number of H-pyrrole nitrogens is 1. The Bertz CT molecular complexity index is 622. The van der Waals surface area contributed by atoms with Gasteiger partial charge in [0.15, 0.2) is 0 Å². The zero-order chi connectivity index (χ0) is 13.8. The molecule has 0 aliphatic carbocycles. The van der Waals surface area contributed by atoms with Crippen LogP contribution < -0.4 is 10.9 Å². The Kier molecular flexibility index (Phi) is 4.22. The lowest BCUT2D eigenvalue weighted by Crippen LogP contribution is -2.14. The van der Waals surface area contributed by atoms with Gasteiger partial charge in [-0.05, 0) is 17.7 Å². The number of aromatic amines is 1. The number of aromatic nitrogens is 2. The minimum atomic E-state index is -0.146. The molecule has 0 spiro atoms. The minimum absolute atomic E-state index is 0.146. The van der Waals surface area contributed by atoms with Gasteiger partial charge in [0.2, 0.25) is 0 Å². The molecule has 4 nitrogen and oxygen atoms in total. The summed E-state index contributed by atoms with van der Waals surface area (Å²) in [6.45, 7) is 4.55. The molecule has 0 bridgehead atoms. The van der Waals surface area contributed by atoms with Gasteiger partial charge in [0.05, 0.1) is 0 Å². The predicted octanol–water partition coefficient (Wildman–Crippen LogP) is 3.16. The van der Waals surface area contributed by atoms with Gasteiger partial charge in [-0.3, -0.25) is 4.79 Å². The van der Waals surface area contributed by atoms with Gasteiger partial charge in [-0.25, -0.2) is 4.98 Å². The highest BCUT2D eigenvalue weighted by Crippen LogP contribution is 2.13. The van der Waals surface area contributed by atoms with Crippen molar-refractivity contribution >= 4 is 17.4 Å². The lowest BCUT2D eigenvalue weighted by Gasteiger charge is -2.09. The van der Waals surface area contributed by atoms with E-state index in [1.807, 2.05) is 38.1 Å². The number of halogens is 1. The monoisotopic (exact) mass is 277 g/mol. The number of anilines is 1. The van der Waals surface area contributed by atoms with E-state index < -0.39 is 0 Å². The molecule has 0 radical (unpaired) electrons. The second-order valence-corrected chi connectivity index (χ2v) is 5.09. The fourth-order valence-corrected chi connectivity index (χ4v) is 1.89. The normalized spacial score (nSPS) is 10.7. The Morgan fingerprint density at radius 2 is 2.16 bits per heavy atom.